The van der Waals surface area contributed by atoms with Gasteiger partial charge in [0.1, 0.15) is 5.82 Å². The summed E-state index contributed by atoms with van der Waals surface area (Å²) in [5, 5.41) is 3.58. The number of anilines is 1. The van der Waals surface area contributed by atoms with Gasteiger partial charge in [-0.25, -0.2) is 4.39 Å². The zero-order valence-electron chi connectivity index (χ0n) is 12.1. The van der Waals surface area contributed by atoms with Gasteiger partial charge in [-0.3, -0.25) is 0 Å². The van der Waals surface area contributed by atoms with Crippen LogP contribution in [-0.2, 0) is 0 Å². The molecule has 1 aliphatic heterocycles. The number of para-hydroxylation sites is 1. The highest BCUT2D eigenvalue weighted by Gasteiger charge is 2.23. The lowest BCUT2D eigenvalue weighted by Crippen LogP contribution is -2.44. The third-order valence-corrected chi connectivity index (χ3v) is 3.51. The molecule has 0 radical (unpaired) electrons. The molecule has 1 N–H and O–H groups in total. The van der Waals surface area contributed by atoms with Crippen molar-refractivity contribution in [2.24, 2.45) is 5.92 Å². The monoisotopic (exact) mass is 265 g/mol. The number of hydrogen-bond donors (Lipinski definition) is 1. The van der Waals surface area contributed by atoms with E-state index in [0.29, 0.717) is 12.0 Å². The molecule has 106 valence electrons. The highest BCUT2D eigenvalue weighted by Crippen LogP contribution is 2.21. The van der Waals surface area contributed by atoms with E-state index in [9.17, 15) is 4.39 Å². The summed E-state index contributed by atoms with van der Waals surface area (Å²) in [5.41, 5.74) is 0.724. The molecule has 0 spiro atoms. The largest absolute Gasteiger partial charge is 0.367 e. The third-order valence-electron chi connectivity index (χ3n) is 3.51. The number of rotatable bonds is 3. The second-order valence-electron chi connectivity index (χ2n) is 5.83. The normalized spacial score (nSPS) is 24.6. The van der Waals surface area contributed by atoms with E-state index in [0.717, 1.165) is 31.9 Å². The molecule has 0 bridgehead atoms. The van der Waals surface area contributed by atoms with Gasteiger partial charge in [-0.15, -0.1) is 0 Å². The predicted molar refractivity (Wildman–Crippen MR) is 78.1 cm³/mol. The number of halogens is 1. The highest BCUT2D eigenvalue weighted by molar-refractivity contribution is 5.48. The SMILES string of the molecule is CC1CNC(CN(C)C)CN(c2ccccc2F)C1. The van der Waals surface area contributed by atoms with Crippen LogP contribution in [0.15, 0.2) is 24.3 Å². The molecule has 2 atom stereocenters. The summed E-state index contributed by atoms with van der Waals surface area (Å²) in [4.78, 5) is 4.35. The fourth-order valence-corrected chi connectivity index (χ4v) is 2.68. The molecular formula is C15H24FN3. The molecule has 0 aromatic heterocycles. The lowest BCUT2D eigenvalue weighted by Gasteiger charge is -2.28. The van der Waals surface area contributed by atoms with Crippen molar-refractivity contribution in [3.63, 3.8) is 0 Å². The Bertz CT molecular complexity index is 408. The van der Waals surface area contributed by atoms with E-state index in [2.05, 4.69) is 36.1 Å². The Kier molecular flexibility index (Phi) is 4.77. The summed E-state index contributed by atoms with van der Waals surface area (Å²) in [6.07, 6.45) is 0. The van der Waals surface area contributed by atoms with E-state index >= 15 is 0 Å². The van der Waals surface area contributed by atoms with Crippen molar-refractivity contribution >= 4 is 5.69 Å². The summed E-state index contributed by atoms with van der Waals surface area (Å²) >= 11 is 0. The van der Waals surface area contributed by atoms with Crippen molar-refractivity contribution in [3.05, 3.63) is 30.1 Å². The Morgan fingerprint density at radius 1 is 1.32 bits per heavy atom. The van der Waals surface area contributed by atoms with E-state index in [4.69, 9.17) is 0 Å². The van der Waals surface area contributed by atoms with Gasteiger partial charge in [0, 0.05) is 25.7 Å². The smallest absolute Gasteiger partial charge is 0.146 e. The van der Waals surface area contributed by atoms with Gasteiger partial charge in [0.05, 0.1) is 5.69 Å². The lowest BCUT2D eigenvalue weighted by molar-refractivity contribution is 0.342. The minimum atomic E-state index is -0.125. The van der Waals surface area contributed by atoms with Gasteiger partial charge in [-0.1, -0.05) is 19.1 Å². The van der Waals surface area contributed by atoms with Gasteiger partial charge in [-0.2, -0.15) is 0 Å². The van der Waals surface area contributed by atoms with Crippen molar-refractivity contribution in [1.29, 1.82) is 0 Å². The van der Waals surface area contributed by atoms with Crippen LogP contribution >= 0.6 is 0 Å². The molecule has 1 fully saturated rings. The molecule has 3 nitrogen and oxygen atoms in total. The molecule has 19 heavy (non-hydrogen) atoms. The quantitative estimate of drug-likeness (QED) is 0.899. The zero-order chi connectivity index (χ0) is 13.8. The summed E-state index contributed by atoms with van der Waals surface area (Å²) < 4.78 is 14.0. The third kappa shape index (κ3) is 3.91. The molecule has 1 aromatic rings. The molecular weight excluding hydrogens is 241 g/mol. The standard InChI is InChI=1S/C15H24FN3/c1-12-8-17-13(10-18(2)3)11-19(9-12)15-7-5-4-6-14(15)16/h4-7,12-13,17H,8-11H2,1-3H3. The van der Waals surface area contributed by atoms with Gasteiger partial charge in [0.15, 0.2) is 0 Å². The molecule has 1 heterocycles. The topological polar surface area (TPSA) is 18.5 Å². The molecule has 1 aromatic carbocycles. The summed E-state index contributed by atoms with van der Waals surface area (Å²) in [5.74, 6) is 0.395. The van der Waals surface area contributed by atoms with Crippen LogP contribution in [-0.4, -0.2) is 51.2 Å². The fourth-order valence-electron chi connectivity index (χ4n) is 2.68. The number of likely N-dealkylation sites (N-methyl/N-ethyl adjacent to an activating group) is 1. The van der Waals surface area contributed by atoms with Crippen molar-refractivity contribution in [3.8, 4) is 0 Å². The van der Waals surface area contributed by atoms with E-state index in [-0.39, 0.29) is 5.82 Å². The molecule has 0 saturated carbocycles. The summed E-state index contributed by atoms with van der Waals surface area (Å²) in [6, 6.07) is 7.44. The maximum absolute atomic E-state index is 14.0. The van der Waals surface area contributed by atoms with Crippen LogP contribution in [0.25, 0.3) is 0 Å². The van der Waals surface area contributed by atoms with E-state index in [1.165, 1.54) is 0 Å². The minimum Gasteiger partial charge on any atom is -0.367 e. The molecule has 2 rings (SSSR count). The van der Waals surface area contributed by atoms with Crippen molar-refractivity contribution < 1.29 is 4.39 Å². The summed E-state index contributed by atoms with van der Waals surface area (Å²) in [7, 11) is 4.15. The van der Waals surface area contributed by atoms with E-state index < -0.39 is 0 Å². The number of nitrogens with one attached hydrogen (secondary N) is 1. The molecule has 0 amide bonds. The van der Waals surface area contributed by atoms with Gasteiger partial charge in [0.2, 0.25) is 0 Å². The molecule has 2 unspecified atom stereocenters. The zero-order valence-corrected chi connectivity index (χ0v) is 12.1. The Morgan fingerprint density at radius 3 is 2.74 bits per heavy atom. The second kappa shape index (κ2) is 6.35. The van der Waals surface area contributed by atoms with Crippen LogP contribution in [0.3, 0.4) is 0 Å². The van der Waals surface area contributed by atoms with Crippen LogP contribution in [0.4, 0.5) is 10.1 Å². The molecule has 1 saturated heterocycles. The fraction of sp³-hybridized carbons (Fsp3) is 0.600. The Morgan fingerprint density at radius 2 is 2.05 bits per heavy atom. The van der Waals surface area contributed by atoms with Crippen LogP contribution in [0.5, 0.6) is 0 Å². The first-order valence-electron chi connectivity index (χ1n) is 6.94. The van der Waals surface area contributed by atoms with Crippen LogP contribution in [0, 0.1) is 11.7 Å². The Labute approximate surface area is 115 Å². The Balaban J connectivity index is 2.15. The first kappa shape index (κ1) is 14.3. The lowest BCUT2D eigenvalue weighted by atomic mass is 10.1. The van der Waals surface area contributed by atoms with E-state index in [1.807, 2.05) is 12.1 Å². The number of benzene rings is 1. The van der Waals surface area contributed by atoms with E-state index in [1.54, 1.807) is 12.1 Å². The number of nitrogens with zero attached hydrogens (tertiary/aromatic N) is 2. The molecule has 1 aliphatic rings. The van der Waals surface area contributed by atoms with Crippen LogP contribution < -0.4 is 10.2 Å². The predicted octanol–water partition coefficient (Wildman–Crippen LogP) is 1.80. The van der Waals surface area contributed by atoms with Crippen molar-refractivity contribution in [2.45, 2.75) is 13.0 Å². The van der Waals surface area contributed by atoms with Gasteiger partial charge in [-0.05, 0) is 38.7 Å². The number of hydrogen-bond acceptors (Lipinski definition) is 3. The first-order chi connectivity index (χ1) is 9.06. The van der Waals surface area contributed by atoms with Gasteiger partial charge in [0.25, 0.3) is 0 Å². The Hall–Kier alpha value is -1.13. The average Bonchev–Trinajstić information content (AvgIpc) is 2.51. The van der Waals surface area contributed by atoms with Crippen LogP contribution in [0.2, 0.25) is 0 Å². The van der Waals surface area contributed by atoms with Gasteiger partial charge >= 0.3 is 0 Å². The second-order valence-corrected chi connectivity index (χ2v) is 5.83. The van der Waals surface area contributed by atoms with Gasteiger partial charge < -0.3 is 15.1 Å². The maximum atomic E-state index is 14.0. The van der Waals surface area contributed by atoms with Crippen molar-refractivity contribution in [2.75, 3.05) is 45.2 Å². The van der Waals surface area contributed by atoms with Crippen LogP contribution in [0.1, 0.15) is 6.92 Å². The maximum Gasteiger partial charge on any atom is 0.146 e. The average molecular weight is 265 g/mol. The molecule has 0 aliphatic carbocycles. The minimum absolute atomic E-state index is 0.125. The summed E-state index contributed by atoms with van der Waals surface area (Å²) in [6.45, 7) is 5.92. The first-order valence-corrected chi connectivity index (χ1v) is 6.94. The highest BCUT2D eigenvalue weighted by atomic mass is 19.1. The van der Waals surface area contributed by atoms with Crippen molar-refractivity contribution in [1.82, 2.24) is 10.2 Å². The molecule has 4 heteroatoms.